The van der Waals surface area contributed by atoms with E-state index in [1.165, 1.54) is 0 Å². The summed E-state index contributed by atoms with van der Waals surface area (Å²) in [5, 5.41) is 12.1. The molecule has 0 radical (unpaired) electrons. The van der Waals surface area contributed by atoms with Gasteiger partial charge in [-0.3, -0.25) is 0 Å². The molecular formula is C14H19N3O. The molecule has 0 spiro atoms. The molecule has 0 amide bonds. The first-order valence-electron chi connectivity index (χ1n) is 6.15. The van der Waals surface area contributed by atoms with Crippen LogP contribution in [-0.4, -0.2) is 22.2 Å². The standard InChI is InChI=1S/C14H19N3O/c1-13(2)7-11(14(3,4)18-13)17-12-6-5-10(8-15)9-16-12/h5-6,9,11H,7H2,1-4H3,(H,16,17). The summed E-state index contributed by atoms with van der Waals surface area (Å²) in [5.74, 6) is 0.786. The van der Waals surface area contributed by atoms with Gasteiger partial charge in [0, 0.05) is 6.20 Å². The molecule has 1 aromatic heterocycles. The summed E-state index contributed by atoms with van der Waals surface area (Å²) >= 11 is 0. The number of nitrogens with one attached hydrogen (secondary N) is 1. The summed E-state index contributed by atoms with van der Waals surface area (Å²) in [5.41, 5.74) is 0.232. The van der Waals surface area contributed by atoms with Crippen molar-refractivity contribution in [3.05, 3.63) is 23.9 Å². The van der Waals surface area contributed by atoms with Crippen molar-refractivity contribution >= 4 is 5.82 Å². The zero-order valence-corrected chi connectivity index (χ0v) is 11.3. The second-order valence-corrected chi connectivity index (χ2v) is 5.91. The summed E-state index contributed by atoms with van der Waals surface area (Å²) in [7, 11) is 0. The van der Waals surface area contributed by atoms with Gasteiger partial charge in [-0.05, 0) is 46.2 Å². The van der Waals surface area contributed by atoms with Crippen LogP contribution in [-0.2, 0) is 4.74 Å². The predicted octanol–water partition coefficient (Wildman–Crippen LogP) is 2.71. The molecule has 2 heterocycles. The van der Waals surface area contributed by atoms with Crippen LogP contribution in [0, 0.1) is 11.3 Å². The number of rotatable bonds is 2. The van der Waals surface area contributed by atoms with Crippen LogP contribution in [0.3, 0.4) is 0 Å². The van der Waals surface area contributed by atoms with Crippen molar-refractivity contribution in [2.24, 2.45) is 0 Å². The second-order valence-electron chi connectivity index (χ2n) is 5.91. The van der Waals surface area contributed by atoms with Gasteiger partial charge in [0.2, 0.25) is 0 Å². The minimum Gasteiger partial charge on any atom is -0.367 e. The first kappa shape index (κ1) is 12.8. The number of aromatic nitrogens is 1. The third-order valence-electron chi connectivity index (χ3n) is 3.29. The maximum atomic E-state index is 8.73. The summed E-state index contributed by atoms with van der Waals surface area (Å²) in [6.07, 6.45) is 2.51. The van der Waals surface area contributed by atoms with Gasteiger partial charge < -0.3 is 10.1 Å². The lowest BCUT2D eigenvalue weighted by molar-refractivity contribution is -0.0662. The van der Waals surface area contributed by atoms with Gasteiger partial charge in [0.05, 0.1) is 22.8 Å². The van der Waals surface area contributed by atoms with Crippen LogP contribution in [0.25, 0.3) is 0 Å². The van der Waals surface area contributed by atoms with E-state index in [1.54, 1.807) is 12.3 Å². The molecule has 0 aliphatic carbocycles. The first-order chi connectivity index (χ1) is 8.32. The van der Waals surface area contributed by atoms with Crippen molar-refractivity contribution in [2.75, 3.05) is 5.32 Å². The van der Waals surface area contributed by atoms with Gasteiger partial charge in [0.15, 0.2) is 0 Å². The molecular weight excluding hydrogens is 226 g/mol. The second kappa shape index (κ2) is 4.25. The third kappa shape index (κ3) is 2.62. The van der Waals surface area contributed by atoms with Crippen molar-refractivity contribution in [1.29, 1.82) is 5.26 Å². The average Bonchev–Trinajstić information content (AvgIpc) is 2.48. The zero-order valence-electron chi connectivity index (χ0n) is 11.3. The normalized spacial score (nSPS) is 24.5. The Morgan fingerprint density at radius 1 is 1.39 bits per heavy atom. The molecule has 0 bridgehead atoms. The fourth-order valence-corrected chi connectivity index (χ4v) is 2.51. The molecule has 1 aromatic rings. The minimum atomic E-state index is -0.223. The smallest absolute Gasteiger partial charge is 0.126 e. The number of hydrogen-bond donors (Lipinski definition) is 1. The van der Waals surface area contributed by atoms with E-state index in [4.69, 9.17) is 10.00 Å². The molecule has 1 atom stereocenters. The van der Waals surface area contributed by atoms with Crippen LogP contribution in [0.15, 0.2) is 18.3 Å². The highest BCUT2D eigenvalue weighted by Crippen LogP contribution is 2.38. The molecule has 18 heavy (non-hydrogen) atoms. The van der Waals surface area contributed by atoms with Gasteiger partial charge in [-0.15, -0.1) is 0 Å². The SMILES string of the molecule is CC1(C)CC(Nc2ccc(C#N)cn2)C(C)(C)O1. The number of nitriles is 1. The molecule has 1 saturated heterocycles. The molecule has 4 nitrogen and oxygen atoms in total. The summed E-state index contributed by atoms with van der Waals surface area (Å²) < 4.78 is 6.02. The van der Waals surface area contributed by atoms with E-state index in [-0.39, 0.29) is 17.2 Å². The van der Waals surface area contributed by atoms with Gasteiger partial charge in [-0.2, -0.15) is 5.26 Å². The maximum Gasteiger partial charge on any atom is 0.126 e. The number of anilines is 1. The Bertz CT molecular complexity index is 471. The highest BCUT2D eigenvalue weighted by atomic mass is 16.5. The average molecular weight is 245 g/mol. The van der Waals surface area contributed by atoms with Crippen LogP contribution in [0.4, 0.5) is 5.82 Å². The third-order valence-corrected chi connectivity index (χ3v) is 3.29. The van der Waals surface area contributed by atoms with Crippen molar-refractivity contribution in [2.45, 2.75) is 51.4 Å². The van der Waals surface area contributed by atoms with E-state index in [0.717, 1.165) is 12.2 Å². The molecule has 1 fully saturated rings. The van der Waals surface area contributed by atoms with E-state index in [0.29, 0.717) is 5.56 Å². The van der Waals surface area contributed by atoms with E-state index < -0.39 is 0 Å². The quantitative estimate of drug-likeness (QED) is 0.870. The summed E-state index contributed by atoms with van der Waals surface area (Å²) in [6, 6.07) is 5.88. The molecule has 1 aliphatic rings. The lowest BCUT2D eigenvalue weighted by atomic mass is 9.94. The first-order valence-corrected chi connectivity index (χ1v) is 6.15. The molecule has 1 aliphatic heterocycles. The van der Waals surface area contributed by atoms with Crippen molar-refractivity contribution in [3.63, 3.8) is 0 Å². The van der Waals surface area contributed by atoms with Crippen LogP contribution in [0.1, 0.15) is 39.7 Å². The summed E-state index contributed by atoms with van der Waals surface area (Å²) in [4.78, 5) is 4.24. The number of nitrogens with zero attached hydrogens (tertiary/aromatic N) is 2. The zero-order chi connectivity index (χ0) is 13.4. The van der Waals surface area contributed by atoms with E-state index in [2.05, 4.69) is 44.1 Å². The Kier molecular flexibility index (Phi) is 3.04. The molecule has 2 rings (SSSR count). The molecule has 0 saturated carbocycles. The fraction of sp³-hybridized carbons (Fsp3) is 0.571. The lowest BCUT2D eigenvalue weighted by Crippen LogP contribution is -2.38. The van der Waals surface area contributed by atoms with Crippen LogP contribution < -0.4 is 5.32 Å². The Balaban J connectivity index is 2.12. The van der Waals surface area contributed by atoms with Gasteiger partial charge >= 0.3 is 0 Å². The van der Waals surface area contributed by atoms with Gasteiger partial charge in [-0.1, -0.05) is 0 Å². The van der Waals surface area contributed by atoms with Gasteiger partial charge in [0.1, 0.15) is 11.9 Å². The highest BCUT2D eigenvalue weighted by molar-refractivity contribution is 5.40. The number of ether oxygens (including phenoxy) is 1. The lowest BCUT2D eigenvalue weighted by Gasteiger charge is -2.28. The van der Waals surface area contributed by atoms with Crippen LogP contribution in [0.5, 0.6) is 0 Å². The van der Waals surface area contributed by atoms with Crippen LogP contribution in [0.2, 0.25) is 0 Å². The van der Waals surface area contributed by atoms with Gasteiger partial charge in [-0.25, -0.2) is 4.98 Å². The van der Waals surface area contributed by atoms with Crippen molar-refractivity contribution in [1.82, 2.24) is 4.98 Å². The fourth-order valence-electron chi connectivity index (χ4n) is 2.51. The Morgan fingerprint density at radius 2 is 2.11 bits per heavy atom. The Labute approximate surface area is 108 Å². The largest absolute Gasteiger partial charge is 0.367 e. The molecule has 0 aromatic carbocycles. The molecule has 4 heteroatoms. The predicted molar refractivity (Wildman–Crippen MR) is 70.2 cm³/mol. The van der Waals surface area contributed by atoms with E-state index >= 15 is 0 Å². The molecule has 96 valence electrons. The van der Waals surface area contributed by atoms with Crippen LogP contribution >= 0.6 is 0 Å². The summed E-state index contributed by atoms with van der Waals surface area (Å²) in [6.45, 7) is 8.37. The Morgan fingerprint density at radius 3 is 2.56 bits per heavy atom. The van der Waals surface area contributed by atoms with Crippen molar-refractivity contribution in [3.8, 4) is 6.07 Å². The molecule has 1 unspecified atom stereocenters. The van der Waals surface area contributed by atoms with E-state index in [1.807, 2.05) is 6.07 Å². The molecule has 1 N–H and O–H groups in total. The van der Waals surface area contributed by atoms with Gasteiger partial charge in [0.25, 0.3) is 0 Å². The maximum absolute atomic E-state index is 8.73. The Hall–Kier alpha value is -1.60. The number of pyridine rings is 1. The van der Waals surface area contributed by atoms with E-state index in [9.17, 15) is 0 Å². The monoisotopic (exact) mass is 245 g/mol. The van der Waals surface area contributed by atoms with Crippen molar-refractivity contribution < 1.29 is 4.74 Å². The topological polar surface area (TPSA) is 57.9 Å². The minimum absolute atomic E-state index is 0.117. The highest BCUT2D eigenvalue weighted by Gasteiger charge is 2.45. The number of hydrogen-bond acceptors (Lipinski definition) is 4.